The molecule has 13 heavy (non-hydrogen) atoms. The maximum absolute atomic E-state index is 13.1. The molecule has 8 heteroatoms. The molecular formula is C5H3F2N3O3. The van der Waals surface area contributed by atoms with Crippen molar-refractivity contribution in [2.24, 2.45) is 0 Å². The molecule has 2 atom stereocenters. The van der Waals surface area contributed by atoms with Gasteiger partial charge in [0.2, 0.25) is 0 Å². The molecule has 1 aliphatic rings. The highest BCUT2D eigenvalue weighted by Crippen LogP contribution is 2.22. The minimum absolute atomic E-state index is 0.768. The molecule has 1 fully saturated rings. The lowest BCUT2D eigenvalue weighted by molar-refractivity contribution is -0.162. The zero-order valence-corrected chi connectivity index (χ0v) is 5.99. The van der Waals surface area contributed by atoms with E-state index < -0.39 is 29.0 Å². The number of nitrogens with zero attached hydrogens (tertiary/aromatic N) is 2. The molecule has 1 aliphatic heterocycles. The van der Waals surface area contributed by atoms with Crippen LogP contribution in [0, 0.1) is 11.3 Å². The van der Waals surface area contributed by atoms with E-state index in [2.05, 4.69) is 0 Å². The van der Waals surface area contributed by atoms with Crippen LogP contribution in [0.4, 0.5) is 13.7 Å². The third kappa shape index (κ3) is 1.09. The fourth-order valence-corrected chi connectivity index (χ4v) is 0.734. The van der Waals surface area contributed by atoms with Crippen LogP contribution in [-0.2, 0) is 4.79 Å². The van der Waals surface area contributed by atoms with E-state index in [1.165, 1.54) is 5.32 Å². The van der Waals surface area contributed by atoms with Crippen LogP contribution in [0.3, 0.4) is 0 Å². The number of nitrogens with one attached hydrogen (secondary N) is 1. The molecule has 2 unspecified atom stereocenters. The van der Waals surface area contributed by atoms with Gasteiger partial charge in [-0.2, -0.15) is 5.26 Å². The Balaban J connectivity index is 3.08. The van der Waals surface area contributed by atoms with Crippen molar-refractivity contribution in [1.82, 2.24) is 10.4 Å². The van der Waals surface area contributed by atoms with Crippen LogP contribution in [0.15, 0.2) is 0 Å². The first kappa shape index (κ1) is 9.34. The fraction of sp³-hybridized carbons (Fsp3) is 0.400. The van der Waals surface area contributed by atoms with E-state index >= 15 is 0 Å². The fourth-order valence-electron chi connectivity index (χ4n) is 0.734. The Morgan fingerprint density at radius 3 is 2.69 bits per heavy atom. The van der Waals surface area contributed by atoms with Crippen molar-refractivity contribution in [3.05, 3.63) is 0 Å². The van der Waals surface area contributed by atoms with E-state index in [9.17, 15) is 18.5 Å². The van der Waals surface area contributed by atoms with Crippen LogP contribution in [0.25, 0.3) is 0 Å². The molecule has 1 rings (SSSR count). The highest BCUT2D eigenvalue weighted by atomic mass is 19.2. The number of carbonyl (C=O) groups is 2. The number of hydrogen-bond donors (Lipinski definition) is 2. The summed E-state index contributed by atoms with van der Waals surface area (Å²) in [5, 5.41) is 17.1. The van der Waals surface area contributed by atoms with Gasteiger partial charge in [0, 0.05) is 0 Å². The molecule has 1 saturated heterocycles. The molecule has 70 valence electrons. The highest BCUT2D eigenvalue weighted by Gasteiger charge is 2.56. The Hall–Kier alpha value is -1.75. The number of halogens is 2. The van der Waals surface area contributed by atoms with Crippen molar-refractivity contribution in [1.29, 1.82) is 5.26 Å². The Kier molecular flexibility index (Phi) is 1.89. The lowest BCUT2D eigenvalue weighted by Gasteiger charge is -2.29. The average Bonchev–Trinajstić information content (AvgIpc) is 2.11. The first-order valence-electron chi connectivity index (χ1n) is 3.02. The number of amides is 3. The minimum atomic E-state index is -3.47. The molecular weight excluding hydrogens is 188 g/mol. The Morgan fingerprint density at radius 2 is 2.23 bits per heavy atom. The van der Waals surface area contributed by atoms with Gasteiger partial charge in [-0.05, 0) is 0 Å². The van der Waals surface area contributed by atoms with Gasteiger partial charge in [0.05, 0.1) is 0 Å². The summed E-state index contributed by atoms with van der Waals surface area (Å²) in [5.41, 5.74) is -3.47. The summed E-state index contributed by atoms with van der Waals surface area (Å²) in [4.78, 5) is 21.0. The lowest BCUT2D eigenvalue weighted by atomic mass is 10.0. The van der Waals surface area contributed by atoms with Crippen LogP contribution in [-0.4, -0.2) is 34.1 Å². The summed E-state index contributed by atoms with van der Waals surface area (Å²) in [6.07, 6.45) is -2.36. The second kappa shape index (κ2) is 2.63. The van der Waals surface area contributed by atoms with Gasteiger partial charge < -0.3 is 10.4 Å². The van der Waals surface area contributed by atoms with Gasteiger partial charge >= 0.3 is 17.6 Å². The Morgan fingerprint density at radius 1 is 1.69 bits per heavy atom. The van der Waals surface area contributed by atoms with Crippen molar-refractivity contribution >= 4 is 11.9 Å². The minimum Gasteiger partial charge on any atom is -0.369 e. The summed E-state index contributed by atoms with van der Waals surface area (Å²) in [6, 6.07) is -0.842. The third-order valence-corrected chi connectivity index (χ3v) is 1.47. The van der Waals surface area contributed by atoms with Crippen LogP contribution < -0.4 is 5.32 Å². The van der Waals surface area contributed by atoms with Crippen molar-refractivity contribution < 1.29 is 23.6 Å². The zero-order valence-electron chi connectivity index (χ0n) is 5.99. The van der Waals surface area contributed by atoms with Gasteiger partial charge in [-0.1, -0.05) is 9.60 Å². The predicted octanol–water partition coefficient (Wildman–Crippen LogP) is -1.03. The standard InChI is InChI=1S/C5H3F2N3O3/c6-5(1-8)2(11)9-4(13)10(7)3(5)12/h2,11H,(H,9,13). The number of rotatable bonds is 0. The summed E-state index contributed by atoms with van der Waals surface area (Å²) < 4.78 is 25.5. The van der Waals surface area contributed by atoms with Crippen LogP contribution in [0.1, 0.15) is 0 Å². The monoisotopic (exact) mass is 191 g/mol. The van der Waals surface area contributed by atoms with Crippen LogP contribution >= 0.6 is 0 Å². The zero-order chi connectivity index (χ0) is 10.2. The molecule has 0 saturated carbocycles. The van der Waals surface area contributed by atoms with E-state index in [4.69, 9.17) is 10.4 Å². The number of aliphatic hydroxyl groups excluding tert-OH is 1. The van der Waals surface area contributed by atoms with Crippen LogP contribution in [0.2, 0.25) is 0 Å². The molecule has 0 aromatic rings. The number of carbonyl (C=O) groups excluding carboxylic acids is 2. The number of alkyl halides is 1. The van der Waals surface area contributed by atoms with Gasteiger partial charge in [-0.3, -0.25) is 4.79 Å². The van der Waals surface area contributed by atoms with Crippen molar-refractivity contribution in [2.45, 2.75) is 11.9 Å². The van der Waals surface area contributed by atoms with Crippen LogP contribution in [0.5, 0.6) is 0 Å². The highest BCUT2D eigenvalue weighted by molar-refractivity contribution is 6.02. The summed E-state index contributed by atoms with van der Waals surface area (Å²) in [6.45, 7) is 0. The van der Waals surface area contributed by atoms with Gasteiger partial charge in [0.1, 0.15) is 6.07 Å². The molecule has 0 bridgehead atoms. The molecule has 0 radical (unpaired) electrons. The second-order valence-corrected chi connectivity index (χ2v) is 2.26. The van der Waals surface area contributed by atoms with E-state index in [1.54, 1.807) is 0 Å². The number of imide groups is 1. The maximum Gasteiger partial charge on any atom is 0.355 e. The number of nitriles is 1. The summed E-state index contributed by atoms with van der Waals surface area (Å²) in [5.74, 6) is -2.04. The second-order valence-electron chi connectivity index (χ2n) is 2.26. The van der Waals surface area contributed by atoms with Crippen molar-refractivity contribution in [3.8, 4) is 6.07 Å². The number of urea groups is 1. The van der Waals surface area contributed by atoms with Crippen molar-refractivity contribution in [2.75, 3.05) is 0 Å². The smallest absolute Gasteiger partial charge is 0.355 e. The molecule has 0 aliphatic carbocycles. The molecule has 6 nitrogen and oxygen atoms in total. The molecule has 0 spiro atoms. The normalized spacial score (nSPS) is 34.0. The average molecular weight is 191 g/mol. The van der Waals surface area contributed by atoms with E-state index in [0.29, 0.717) is 0 Å². The number of hydrogen-bond acceptors (Lipinski definition) is 4. The van der Waals surface area contributed by atoms with Gasteiger partial charge in [0.25, 0.3) is 0 Å². The Labute approximate surface area is 70.3 Å². The van der Waals surface area contributed by atoms with E-state index in [0.717, 1.165) is 6.07 Å². The first-order chi connectivity index (χ1) is 5.93. The van der Waals surface area contributed by atoms with E-state index in [-0.39, 0.29) is 0 Å². The molecule has 0 aromatic heterocycles. The predicted molar refractivity (Wildman–Crippen MR) is 31.9 cm³/mol. The van der Waals surface area contributed by atoms with Gasteiger partial charge in [0.15, 0.2) is 6.23 Å². The topological polar surface area (TPSA) is 93.4 Å². The molecule has 2 N–H and O–H groups in total. The molecule has 0 aromatic carbocycles. The SMILES string of the molecule is N#CC1(F)C(=O)N(F)C(=O)NC1O. The Bertz CT molecular complexity index is 315. The lowest BCUT2D eigenvalue weighted by Crippen LogP contribution is -2.65. The van der Waals surface area contributed by atoms with Crippen molar-refractivity contribution in [3.63, 3.8) is 0 Å². The third-order valence-electron chi connectivity index (χ3n) is 1.47. The molecule has 1 heterocycles. The van der Waals surface area contributed by atoms with E-state index in [1.807, 2.05) is 0 Å². The number of aliphatic hydroxyl groups is 1. The maximum atomic E-state index is 13.1. The quantitative estimate of drug-likeness (QED) is 0.479. The summed E-state index contributed by atoms with van der Waals surface area (Å²) in [7, 11) is 0. The largest absolute Gasteiger partial charge is 0.369 e. The first-order valence-corrected chi connectivity index (χ1v) is 3.02. The summed E-state index contributed by atoms with van der Waals surface area (Å²) >= 11 is 0. The van der Waals surface area contributed by atoms with Gasteiger partial charge in [-0.15, -0.1) is 0 Å². The van der Waals surface area contributed by atoms with Gasteiger partial charge in [-0.25, -0.2) is 9.18 Å². The molecule has 3 amide bonds.